The fourth-order valence-corrected chi connectivity index (χ4v) is 5.76. The lowest BCUT2D eigenvalue weighted by Gasteiger charge is -2.26. The molecule has 0 unspecified atom stereocenters. The Balaban J connectivity index is 1.37. The zero-order valence-electron chi connectivity index (χ0n) is 14.9. The predicted molar refractivity (Wildman–Crippen MR) is 108 cm³/mol. The summed E-state index contributed by atoms with van der Waals surface area (Å²) in [4.78, 5) is 16.7. The number of nitrogens with one attached hydrogen (secondary N) is 1. The monoisotopic (exact) mass is 385 g/mol. The zero-order valence-corrected chi connectivity index (χ0v) is 16.5. The summed E-state index contributed by atoms with van der Waals surface area (Å²) in [5.41, 5.74) is 0.861. The van der Waals surface area contributed by atoms with Gasteiger partial charge in [-0.1, -0.05) is 18.9 Å². The number of nitrogens with zero attached hydrogens (tertiary/aromatic N) is 2. The van der Waals surface area contributed by atoms with E-state index in [1.54, 1.807) is 22.7 Å². The van der Waals surface area contributed by atoms with Crippen molar-refractivity contribution < 1.29 is 4.79 Å². The number of hydrogen-bond donors (Lipinski definition) is 1. The van der Waals surface area contributed by atoms with Crippen molar-refractivity contribution in [2.45, 2.75) is 37.5 Å². The molecule has 6 heteroatoms. The molecule has 136 valence electrons. The van der Waals surface area contributed by atoms with Crippen LogP contribution in [0.15, 0.2) is 42.0 Å². The molecule has 0 spiro atoms. The third-order valence-electron chi connectivity index (χ3n) is 5.19. The van der Waals surface area contributed by atoms with E-state index >= 15 is 0 Å². The molecular weight excluding hydrogens is 362 g/mol. The highest BCUT2D eigenvalue weighted by atomic mass is 32.1. The molecule has 0 saturated heterocycles. The molecule has 0 aromatic carbocycles. The van der Waals surface area contributed by atoms with Crippen LogP contribution in [0.2, 0.25) is 0 Å². The molecule has 26 heavy (non-hydrogen) atoms. The van der Waals surface area contributed by atoms with E-state index in [1.165, 1.54) is 14.6 Å². The second kappa shape index (κ2) is 7.37. The molecule has 3 aromatic heterocycles. The first-order chi connectivity index (χ1) is 12.7. The maximum Gasteiger partial charge on any atom is 0.231 e. The molecule has 0 aliphatic heterocycles. The lowest BCUT2D eigenvalue weighted by atomic mass is 9.83. The molecule has 4 rings (SSSR count). The normalized spacial score (nSPS) is 16.0. The Morgan fingerprint density at radius 1 is 1.31 bits per heavy atom. The second-order valence-electron chi connectivity index (χ2n) is 6.94. The quantitative estimate of drug-likeness (QED) is 0.684. The minimum absolute atomic E-state index is 0.210. The zero-order chi connectivity index (χ0) is 18.0. The molecule has 1 saturated carbocycles. The van der Waals surface area contributed by atoms with Crippen molar-refractivity contribution in [1.29, 1.82) is 0 Å². The van der Waals surface area contributed by atoms with Gasteiger partial charge < -0.3 is 5.32 Å². The van der Waals surface area contributed by atoms with Gasteiger partial charge in [0.05, 0.1) is 11.6 Å². The van der Waals surface area contributed by atoms with Crippen molar-refractivity contribution in [3.8, 4) is 10.4 Å². The van der Waals surface area contributed by atoms with E-state index in [4.69, 9.17) is 0 Å². The third kappa shape index (κ3) is 3.35. The Hall–Kier alpha value is -1.92. The molecule has 3 aromatic rings. The van der Waals surface area contributed by atoms with Gasteiger partial charge in [-0.25, -0.2) is 0 Å². The molecule has 0 atom stereocenters. The Morgan fingerprint density at radius 3 is 2.85 bits per heavy atom. The van der Waals surface area contributed by atoms with Crippen LogP contribution in [-0.2, 0) is 23.7 Å². The van der Waals surface area contributed by atoms with Crippen molar-refractivity contribution in [2.24, 2.45) is 7.05 Å². The van der Waals surface area contributed by atoms with Gasteiger partial charge in [0, 0.05) is 40.0 Å². The number of carbonyl (C=O) groups is 1. The van der Waals surface area contributed by atoms with Gasteiger partial charge in [0.15, 0.2) is 0 Å². The number of hydrogen-bond acceptors (Lipinski definition) is 4. The highest BCUT2D eigenvalue weighted by molar-refractivity contribution is 7.15. The Bertz CT molecular complexity index is 873. The van der Waals surface area contributed by atoms with Gasteiger partial charge in [-0.15, -0.1) is 22.7 Å². The number of thiophene rings is 2. The van der Waals surface area contributed by atoms with Gasteiger partial charge in [0.1, 0.15) is 0 Å². The lowest BCUT2D eigenvalue weighted by molar-refractivity contribution is -0.126. The van der Waals surface area contributed by atoms with Crippen LogP contribution < -0.4 is 5.32 Å². The standard InChI is InChI=1S/C20H23N3OS2/c1-23-14-15(13-22-23)17-7-6-16(26-17)8-11-21-19(24)20(9-2-3-10-20)18-5-4-12-25-18/h4-7,12-14H,2-3,8-11H2,1H3,(H,21,24). The molecule has 0 radical (unpaired) electrons. The summed E-state index contributed by atoms with van der Waals surface area (Å²) in [7, 11) is 1.93. The Morgan fingerprint density at radius 2 is 2.15 bits per heavy atom. The number of carbonyl (C=O) groups excluding carboxylic acids is 1. The molecule has 1 N–H and O–H groups in total. The fraction of sp³-hybridized carbons (Fsp3) is 0.400. The number of amides is 1. The molecule has 1 aliphatic rings. The Labute approximate surface area is 161 Å². The smallest absolute Gasteiger partial charge is 0.231 e. The molecule has 4 nitrogen and oxygen atoms in total. The first kappa shape index (κ1) is 17.5. The maximum atomic E-state index is 13.0. The summed E-state index contributed by atoms with van der Waals surface area (Å²) in [5, 5.41) is 9.52. The molecule has 0 bridgehead atoms. The second-order valence-corrected chi connectivity index (χ2v) is 9.06. The average molecular weight is 386 g/mol. The van der Waals surface area contributed by atoms with E-state index in [0.29, 0.717) is 6.54 Å². The van der Waals surface area contributed by atoms with Gasteiger partial charge in [0.2, 0.25) is 5.91 Å². The topological polar surface area (TPSA) is 46.9 Å². The first-order valence-corrected chi connectivity index (χ1v) is 10.8. The van der Waals surface area contributed by atoms with Crippen LogP contribution in [0.25, 0.3) is 10.4 Å². The van der Waals surface area contributed by atoms with E-state index in [1.807, 2.05) is 24.1 Å². The van der Waals surface area contributed by atoms with Gasteiger partial charge in [-0.05, 0) is 42.8 Å². The van der Waals surface area contributed by atoms with Crippen molar-refractivity contribution >= 4 is 28.6 Å². The molecular formula is C20H23N3OS2. The largest absolute Gasteiger partial charge is 0.355 e. The van der Waals surface area contributed by atoms with E-state index in [9.17, 15) is 4.79 Å². The molecule has 3 heterocycles. The van der Waals surface area contributed by atoms with Crippen LogP contribution in [0.4, 0.5) is 0 Å². The number of aryl methyl sites for hydroxylation is 1. The summed E-state index contributed by atoms with van der Waals surface area (Å²) >= 11 is 3.49. The van der Waals surface area contributed by atoms with Crippen LogP contribution in [0, 0.1) is 0 Å². The highest BCUT2D eigenvalue weighted by Crippen LogP contribution is 2.43. The van der Waals surface area contributed by atoms with Gasteiger partial charge in [0.25, 0.3) is 0 Å². The molecule has 1 amide bonds. The predicted octanol–water partition coefficient (Wildman–Crippen LogP) is 4.38. The summed E-state index contributed by atoms with van der Waals surface area (Å²) in [6.45, 7) is 0.693. The third-order valence-corrected chi connectivity index (χ3v) is 7.46. The van der Waals surface area contributed by atoms with Crippen LogP contribution in [0.3, 0.4) is 0 Å². The van der Waals surface area contributed by atoms with Crippen LogP contribution >= 0.6 is 22.7 Å². The highest BCUT2D eigenvalue weighted by Gasteiger charge is 2.43. The first-order valence-electron chi connectivity index (χ1n) is 9.07. The molecule has 1 fully saturated rings. The minimum atomic E-state index is -0.287. The fourth-order valence-electron chi connectivity index (χ4n) is 3.80. The van der Waals surface area contributed by atoms with Crippen LogP contribution in [0.5, 0.6) is 0 Å². The van der Waals surface area contributed by atoms with E-state index in [0.717, 1.165) is 37.7 Å². The molecule has 1 aliphatic carbocycles. The maximum absolute atomic E-state index is 13.0. The number of rotatable bonds is 6. The summed E-state index contributed by atoms with van der Waals surface area (Å²) in [5.74, 6) is 0.210. The van der Waals surface area contributed by atoms with Crippen LogP contribution in [0.1, 0.15) is 35.4 Å². The average Bonchev–Trinajstić information content (AvgIpc) is 3.41. The summed E-state index contributed by atoms with van der Waals surface area (Å²) in [6, 6.07) is 8.47. The van der Waals surface area contributed by atoms with Crippen molar-refractivity contribution in [1.82, 2.24) is 15.1 Å². The SMILES string of the molecule is Cn1cc(-c2ccc(CCNC(=O)C3(c4cccs4)CCCC3)s2)cn1. The number of aromatic nitrogens is 2. The van der Waals surface area contributed by atoms with Crippen molar-refractivity contribution in [2.75, 3.05) is 6.54 Å². The minimum Gasteiger partial charge on any atom is -0.355 e. The van der Waals surface area contributed by atoms with Crippen molar-refractivity contribution in [3.63, 3.8) is 0 Å². The van der Waals surface area contributed by atoms with Crippen molar-refractivity contribution in [3.05, 3.63) is 51.8 Å². The van der Waals surface area contributed by atoms with Crippen LogP contribution in [-0.4, -0.2) is 22.2 Å². The van der Waals surface area contributed by atoms with E-state index in [-0.39, 0.29) is 11.3 Å². The van der Waals surface area contributed by atoms with E-state index in [2.05, 4.69) is 40.1 Å². The van der Waals surface area contributed by atoms with Gasteiger partial charge >= 0.3 is 0 Å². The Kier molecular flexibility index (Phi) is 4.96. The summed E-state index contributed by atoms with van der Waals surface area (Å²) < 4.78 is 1.82. The lowest BCUT2D eigenvalue weighted by Crippen LogP contribution is -2.42. The van der Waals surface area contributed by atoms with E-state index < -0.39 is 0 Å². The van der Waals surface area contributed by atoms with Gasteiger partial charge in [-0.2, -0.15) is 5.10 Å². The van der Waals surface area contributed by atoms with Gasteiger partial charge in [-0.3, -0.25) is 9.48 Å². The summed E-state index contributed by atoms with van der Waals surface area (Å²) in [6.07, 6.45) is 9.03.